The second-order valence-electron chi connectivity index (χ2n) is 8.87. The number of aryl methyl sites for hydroxylation is 1. The number of hydrogen-bond donors (Lipinski definition) is 2. The number of alkyl halides is 1. The number of allylic oxidation sites excluding steroid dienone is 1. The first-order valence-corrected chi connectivity index (χ1v) is 12.5. The molecule has 1 fully saturated rings. The van der Waals surface area contributed by atoms with E-state index in [0.717, 1.165) is 67.4 Å². The van der Waals surface area contributed by atoms with Crippen molar-refractivity contribution < 1.29 is 15.0 Å². The molecule has 1 aliphatic carbocycles. The minimum atomic E-state index is -0.846. The predicted octanol–water partition coefficient (Wildman–Crippen LogP) is 7.35. The molecule has 4 unspecified atom stereocenters. The Hall–Kier alpha value is -1.62. The van der Waals surface area contributed by atoms with E-state index < -0.39 is 12.1 Å². The lowest BCUT2D eigenvalue weighted by molar-refractivity contribution is 0.0702. The van der Waals surface area contributed by atoms with E-state index in [1.807, 2.05) is 13.0 Å². The van der Waals surface area contributed by atoms with Crippen molar-refractivity contribution in [2.75, 3.05) is 0 Å². The summed E-state index contributed by atoms with van der Waals surface area (Å²) < 4.78 is 0. The lowest BCUT2D eigenvalue weighted by Crippen LogP contribution is -2.13. The summed E-state index contributed by atoms with van der Waals surface area (Å²) in [6, 6.07) is 12.0. The summed E-state index contributed by atoms with van der Waals surface area (Å²) in [5.41, 5.74) is 3.40. The molecule has 0 spiro atoms. The third-order valence-corrected chi connectivity index (χ3v) is 7.99. The number of halogens is 1. The molecule has 1 heterocycles. The van der Waals surface area contributed by atoms with Gasteiger partial charge < -0.3 is 10.2 Å². The van der Waals surface area contributed by atoms with Crippen molar-refractivity contribution in [2.24, 2.45) is 5.92 Å². The number of carboxylic acids is 1. The van der Waals surface area contributed by atoms with E-state index in [2.05, 4.69) is 30.8 Å². The molecule has 1 aliphatic rings. The zero-order chi connectivity index (χ0) is 22.4. The van der Waals surface area contributed by atoms with Gasteiger partial charge in [0.1, 0.15) is 4.88 Å². The molecule has 1 saturated carbocycles. The van der Waals surface area contributed by atoms with Crippen molar-refractivity contribution >= 4 is 28.9 Å². The molecule has 4 atom stereocenters. The number of carbonyl (C=O) groups is 1. The molecule has 31 heavy (non-hydrogen) atoms. The van der Waals surface area contributed by atoms with Gasteiger partial charge in [0.25, 0.3) is 0 Å². The highest BCUT2D eigenvalue weighted by atomic mass is 35.5. The van der Waals surface area contributed by atoms with Crippen LogP contribution in [0.25, 0.3) is 0 Å². The van der Waals surface area contributed by atoms with E-state index >= 15 is 0 Å². The Balaban J connectivity index is 1.55. The SMILES string of the molecule is C=C(C)CCCC(O)c1ccc(C2C(Cl)CCC2CCCc2ccc(C(=O)O)s2)cc1. The zero-order valence-electron chi connectivity index (χ0n) is 18.2. The van der Waals surface area contributed by atoms with Gasteiger partial charge in [-0.25, -0.2) is 4.79 Å². The molecule has 0 aliphatic heterocycles. The van der Waals surface area contributed by atoms with Gasteiger partial charge in [0.15, 0.2) is 0 Å². The Labute approximate surface area is 194 Å². The van der Waals surface area contributed by atoms with E-state index in [1.54, 1.807) is 6.07 Å². The summed E-state index contributed by atoms with van der Waals surface area (Å²) in [6.07, 6.45) is 7.45. The number of aromatic carboxylic acids is 1. The molecule has 0 amide bonds. The molecule has 1 aromatic heterocycles. The summed E-state index contributed by atoms with van der Waals surface area (Å²) in [6.45, 7) is 5.95. The molecule has 168 valence electrons. The van der Waals surface area contributed by atoms with Gasteiger partial charge in [0.2, 0.25) is 0 Å². The second kappa shape index (κ2) is 11.3. The van der Waals surface area contributed by atoms with Crippen LogP contribution in [0.2, 0.25) is 0 Å². The van der Waals surface area contributed by atoms with Crippen LogP contribution in [0.5, 0.6) is 0 Å². The Bertz CT molecular complexity index is 873. The molecule has 0 bridgehead atoms. The molecule has 2 aromatic rings. The fourth-order valence-electron chi connectivity index (χ4n) is 4.70. The Morgan fingerprint density at radius 3 is 2.58 bits per heavy atom. The van der Waals surface area contributed by atoms with E-state index in [1.165, 1.54) is 16.9 Å². The van der Waals surface area contributed by atoms with Gasteiger partial charge in [-0.3, -0.25) is 0 Å². The maximum atomic E-state index is 11.1. The van der Waals surface area contributed by atoms with E-state index in [-0.39, 0.29) is 5.38 Å². The molecule has 3 nitrogen and oxygen atoms in total. The fraction of sp³-hybridized carbons (Fsp3) is 0.500. The fourth-order valence-corrected chi connectivity index (χ4v) is 6.07. The van der Waals surface area contributed by atoms with E-state index in [0.29, 0.717) is 16.7 Å². The monoisotopic (exact) mass is 460 g/mol. The number of aliphatic hydroxyl groups excluding tert-OH is 1. The van der Waals surface area contributed by atoms with Crippen LogP contribution in [-0.2, 0) is 6.42 Å². The van der Waals surface area contributed by atoms with Gasteiger partial charge in [-0.15, -0.1) is 29.5 Å². The van der Waals surface area contributed by atoms with Crippen molar-refractivity contribution in [3.8, 4) is 0 Å². The molecule has 3 rings (SSSR count). The zero-order valence-corrected chi connectivity index (χ0v) is 19.8. The van der Waals surface area contributed by atoms with Crippen LogP contribution < -0.4 is 0 Å². The Morgan fingerprint density at radius 1 is 1.19 bits per heavy atom. The number of rotatable bonds is 11. The van der Waals surface area contributed by atoms with Crippen LogP contribution in [0.1, 0.15) is 89.6 Å². The summed E-state index contributed by atoms with van der Waals surface area (Å²) in [5.74, 6) is 0.0448. The van der Waals surface area contributed by atoms with Gasteiger partial charge >= 0.3 is 5.97 Å². The van der Waals surface area contributed by atoms with Gasteiger partial charge in [0, 0.05) is 16.2 Å². The molecule has 5 heteroatoms. The smallest absolute Gasteiger partial charge is 0.345 e. The summed E-state index contributed by atoms with van der Waals surface area (Å²) in [5, 5.41) is 19.7. The van der Waals surface area contributed by atoms with E-state index in [4.69, 9.17) is 16.7 Å². The van der Waals surface area contributed by atoms with Crippen LogP contribution >= 0.6 is 22.9 Å². The quantitative estimate of drug-likeness (QED) is 0.272. The molecule has 0 saturated heterocycles. The normalized spacial score (nSPS) is 21.8. The summed E-state index contributed by atoms with van der Waals surface area (Å²) in [4.78, 5) is 12.6. The van der Waals surface area contributed by atoms with Crippen molar-refractivity contribution in [1.82, 2.24) is 0 Å². The van der Waals surface area contributed by atoms with Crippen LogP contribution in [0.4, 0.5) is 0 Å². The number of aliphatic hydroxyl groups is 1. The van der Waals surface area contributed by atoms with Crippen LogP contribution in [0.15, 0.2) is 48.6 Å². The average Bonchev–Trinajstić information content (AvgIpc) is 3.35. The highest BCUT2D eigenvalue weighted by molar-refractivity contribution is 7.13. The lowest BCUT2D eigenvalue weighted by Gasteiger charge is -2.23. The average molecular weight is 461 g/mol. The third-order valence-electron chi connectivity index (χ3n) is 6.37. The summed E-state index contributed by atoms with van der Waals surface area (Å²) >= 11 is 8.10. The topological polar surface area (TPSA) is 57.5 Å². The van der Waals surface area contributed by atoms with Crippen molar-refractivity contribution in [3.63, 3.8) is 0 Å². The number of carboxylic acid groups (broad SMARTS) is 1. The first kappa shape index (κ1) is 24.0. The maximum absolute atomic E-state index is 11.1. The minimum absolute atomic E-state index is 0.150. The molecule has 1 aromatic carbocycles. The van der Waals surface area contributed by atoms with Crippen LogP contribution in [-0.4, -0.2) is 21.6 Å². The highest BCUT2D eigenvalue weighted by Crippen LogP contribution is 2.45. The van der Waals surface area contributed by atoms with Crippen molar-refractivity contribution in [2.45, 2.75) is 75.7 Å². The van der Waals surface area contributed by atoms with Gasteiger partial charge in [-0.1, -0.05) is 29.8 Å². The lowest BCUT2D eigenvalue weighted by atomic mass is 9.84. The Morgan fingerprint density at radius 2 is 1.94 bits per heavy atom. The summed E-state index contributed by atoms with van der Waals surface area (Å²) in [7, 11) is 0. The van der Waals surface area contributed by atoms with Gasteiger partial charge in [0.05, 0.1) is 6.10 Å². The number of benzene rings is 1. The first-order chi connectivity index (χ1) is 14.8. The number of hydrogen-bond acceptors (Lipinski definition) is 3. The van der Waals surface area contributed by atoms with Gasteiger partial charge in [-0.2, -0.15) is 0 Å². The minimum Gasteiger partial charge on any atom is -0.477 e. The molecule has 2 N–H and O–H groups in total. The predicted molar refractivity (Wildman–Crippen MR) is 129 cm³/mol. The maximum Gasteiger partial charge on any atom is 0.345 e. The highest BCUT2D eigenvalue weighted by Gasteiger charge is 2.35. The largest absolute Gasteiger partial charge is 0.477 e. The molecular formula is C26H33ClO3S. The van der Waals surface area contributed by atoms with Crippen LogP contribution in [0, 0.1) is 5.92 Å². The van der Waals surface area contributed by atoms with Crippen LogP contribution in [0.3, 0.4) is 0 Å². The molecular weight excluding hydrogens is 428 g/mol. The number of thiophene rings is 1. The standard InChI is InChI=1S/C26H33ClO3S/c1-17(2)5-3-8-23(28)18-9-11-20(12-10-18)25-19(13-15-22(25)27)6-4-7-21-14-16-24(31-21)26(29)30/h9-12,14,16,19,22-23,25,28H,1,3-8,13,15H2,2H3,(H,29,30). The van der Waals surface area contributed by atoms with Gasteiger partial charge in [-0.05, 0) is 87.5 Å². The second-order valence-corrected chi connectivity index (χ2v) is 10.6. The van der Waals surface area contributed by atoms with E-state index in [9.17, 15) is 9.90 Å². The van der Waals surface area contributed by atoms with Crippen molar-refractivity contribution in [3.05, 3.63) is 69.4 Å². The van der Waals surface area contributed by atoms with Crippen molar-refractivity contribution in [1.29, 1.82) is 0 Å². The third kappa shape index (κ3) is 6.68. The molecule has 0 radical (unpaired) electrons. The Kier molecular flexibility index (Phi) is 8.76. The first-order valence-electron chi connectivity index (χ1n) is 11.2.